The Morgan fingerprint density at radius 1 is 1.41 bits per heavy atom. The van der Waals surface area contributed by atoms with E-state index in [0.29, 0.717) is 5.56 Å². The maximum Gasteiger partial charge on any atom is 0.399 e. The third-order valence-electron chi connectivity index (χ3n) is 2.55. The SMILES string of the molecule is CC(C)(c1cc(CC(N)=O)ccn1)C(F)(F)F. The smallest absolute Gasteiger partial charge is 0.369 e. The molecule has 0 bridgehead atoms. The summed E-state index contributed by atoms with van der Waals surface area (Å²) in [6.45, 7) is 2.09. The average Bonchev–Trinajstić information content (AvgIpc) is 2.15. The Morgan fingerprint density at radius 2 is 2.00 bits per heavy atom. The third-order valence-corrected chi connectivity index (χ3v) is 2.55. The number of amides is 1. The number of primary amides is 1. The summed E-state index contributed by atoms with van der Waals surface area (Å²) in [6.07, 6.45) is -3.24. The maximum absolute atomic E-state index is 12.8. The first-order valence-electron chi connectivity index (χ1n) is 4.95. The van der Waals surface area contributed by atoms with E-state index in [1.54, 1.807) is 0 Å². The van der Waals surface area contributed by atoms with Crippen LogP contribution in [0.3, 0.4) is 0 Å². The summed E-state index contributed by atoms with van der Waals surface area (Å²) in [7, 11) is 0. The minimum atomic E-state index is -4.40. The van der Waals surface area contributed by atoms with Gasteiger partial charge in [-0.05, 0) is 31.5 Å². The molecule has 0 aliphatic heterocycles. The van der Waals surface area contributed by atoms with E-state index in [1.807, 2.05) is 0 Å². The summed E-state index contributed by atoms with van der Waals surface area (Å²) in [5.41, 5.74) is 3.24. The van der Waals surface area contributed by atoms with Crippen LogP contribution in [0.25, 0.3) is 0 Å². The Hall–Kier alpha value is -1.59. The van der Waals surface area contributed by atoms with Gasteiger partial charge in [0.15, 0.2) is 0 Å². The van der Waals surface area contributed by atoms with Gasteiger partial charge in [0.25, 0.3) is 0 Å². The van der Waals surface area contributed by atoms with Gasteiger partial charge in [-0.15, -0.1) is 0 Å². The summed E-state index contributed by atoms with van der Waals surface area (Å²) >= 11 is 0. The van der Waals surface area contributed by atoms with Crippen molar-refractivity contribution in [2.45, 2.75) is 31.9 Å². The van der Waals surface area contributed by atoms with Crippen molar-refractivity contribution < 1.29 is 18.0 Å². The van der Waals surface area contributed by atoms with Crippen LogP contribution in [-0.2, 0) is 16.6 Å². The van der Waals surface area contributed by atoms with Gasteiger partial charge in [0, 0.05) is 6.20 Å². The molecule has 0 fully saturated rings. The number of rotatable bonds is 3. The second-order valence-electron chi connectivity index (χ2n) is 4.32. The predicted octanol–water partition coefficient (Wildman–Crippen LogP) is 1.95. The van der Waals surface area contributed by atoms with Gasteiger partial charge in [0.2, 0.25) is 5.91 Å². The fourth-order valence-corrected chi connectivity index (χ4v) is 1.27. The number of pyridine rings is 1. The van der Waals surface area contributed by atoms with Crippen molar-refractivity contribution in [1.82, 2.24) is 4.98 Å². The van der Waals surface area contributed by atoms with Gasteiger partial charge in [-0.1, -0.05) is 0 Å². The molecule has 0 unspecified atom stereocenters. The summed E-state index contributed by atoms with van der Waals surface area (Å²) in [5.74, 6) is -0.591. The van der Waals surface area contributed by atoms with E-state index in [-0.39, 0.29) is 12.1 Å². The number of aromatic nitrogens is 1. The molecule has 2 N–H and O–H groups in total. The van der Waals surface area contributed by atoms with Gasteiger partial charge in [-0.3, -0.25) is 9.78 Å². The Kier molecular flexibility index (Phi) is 3.45. The van der Waals surface area contributed by atoms with Crippen molar-refractivity contribution in [3.63, 3.8) is 0 Å². The minimum absolute atomic E-state index is 0.0938. The number of halogens is 3. The fourth-order valence-electron chi connectivity index (χ4n) is 1.27. The molecule has 1 aromatic rings. The highest BCUT2D eigenvalue weighted by molar-refractivity contribution is 5.76. The largest absolute Gasteiger partial charge is 0.399 e. The van der Waals surface area contributed by atoms with Crippen LogP contribution in [-0.4, -0.2) is 17.1 Å². The monoisotopic (exact) mass is 246 g/mol. The van der Waals surface area contributed by atoms with Crippen molar-refractivity contribution >= 4 is 5.91 Å². The van der Waals surface area contributed by atoms with Gasteiger partial charge in [0.1, 0.15) is 5.41 Å². The highest BCUT2D eigenvalue weighted by Crippen LogP contribution is 2.39. The standard InChI is InChI=1S/C11H13F3N2O/c1-10(2,11(12,13)14)8-5-7(3-4-16-8)6-9(15)17/h3-5H,6H2,1-2H3,(H2,15,17). The second-order valence-corrected chi connectivity index (χ2v) is 4.32. The Balaban J connectivity index is 3.11. The summed E-state index contributed by atoms with van der Waals surface area (Å²) < 4.78 is 38.3. The van der Waals surface area contributed by atoms with Gasteiger partial charge in [-0.25, -0.2) is 0 Å². The Bertz CT molecular complexity index is 427. The van der Waals surface area contributed by atoms with Crippen molar-refractivity contribution in [3.05, 3.63) is 29.6 Å². The highest BCUT2D eigenvalue weighted by Gasteiger charge is 2.49. The van der Waals surface area contributed by atoms with Crippen LogP contribution in [0.4, 0.5) is 13.2 Å². The van der Waals surface area contributed by atoms with E-state index in [0.717, 1.165) is 13.8 Å². The summed E-state index contributed by atoms with van der Waals surface area (Å²) in [6, 6.07) is 2.74. The Labute approximate surface area is 96.8 Å². The molecule has 1 rings (SSSR count). The molecule has 3 nitrogen and oxygen atoms in total. The third kappa shape index (κ3) is 2.95. The summed E-state index contributed by atoms with van der Waals surface area (Å²) in [4.78, 5) is 14.4. The molecule has 17 heavy (non-hydrogen) atoms. The zero-order chi connectivity index (χ0) is 13.3. The van der Waals surface area contributed by atoms with E-state index >= 15 is 0 Å². The van der Waals surface area contributed by atoms with Crippen LogP contribution in [0.15, 0.2) is 18.3 Å². The molecular formula is C11H13F3N2O. The fraction of sp³-hybridized carbons (Fsp3) is 0.455. The normalized spacial score (nSPS) is 12.5. The van der Waals surface area contributed by atoms with Crippen LogP contribution >= 0.6 is 0 Å². The first-order valence-corrected chi connectivity index (χ1v) is 4.95. The van der Waals surface area contributed by atoms with Crippen LogP contribution in [0.1, 0.15) is 25.1 Å². The number of hydrogen-bond acceptors (Lipinski definition) is 2. The van der Waals surface area contributed by atoms with Crippen LogP contribution in [0.2, 0.25) is 0 Å². The number of nitrogens with zero attached hydrogens (tertiary/aromatic N) is 1. The number of alkyl halides is 3. The number of hydrogen-bond donors (Lipinski definition) is 1. The lowest BCUT2D eigenvalue weighted by molar-refractivity contribution is -0.181. The quantitative estimate of drug-likeness (QED) is 0.886. The first-order chi connectivity index (χ1) is 7.64. The van der Waals surface area contributed by atoms with Crippen LogP contribution < -0.4 is 5.73 Å². The molecule has 1 amide bonds. The molecule has 0 aliphatic carbocycles. The summed E-state index contributed by atoms with van der Waals surface area (Å²) in [5, 5.41) is 0. The van der Waals surface area contributed by atoms with Gasteiger partial charge < -0.3 is 5.73 Å². The second kappa shape index (κ2) is 4.35. The van der Waals surface area contributed by atoms with Gasteiger partial charge in [0.05, 0.1) is 12.1 Å². The lowest BCUT2D eigenvalue weighted by Gasteiger charge is -2.27. The molecule has 0 radical (unpaired) electrons. The van der Waals surface area contributed by atoms with Gasteiger partial charge >= 0.3 is 6.18 Å². The molecule has 0 atom stereocenters. The number of nitrogens with two attached hydrogens (primary N) is 1. The number of carbonyl (C=O) groups excluding carboxylic acids is 1. The molecule has 0 saturated heterocycles. The van der Waals surface area contributed by atoms with E-state index in [9.17, 15) is 18.0 Å². The highest BCUT2D eigenvalue weighted by atomic mass is 19.4. The minimum Gasteiger partial charge on any atom is -0.369 e. The number of carbonyl (C=O) groups is 1. The van der Waals surface area contributed by atoms with E-state index in [2.05, 4.69) is 4.98 Å². The average molecular weight is 246 g/mol. The zero-order valence-corrected chi connectivity index (χ0v) is 9.51. The molecule has 1 heterocycles. The predicted molar refractivity (Wildman–Crippen MR) is 56.2 cm³/mol. The van der Waals surface area contributed by atoms with Crippen LogP contribution in [0.5, 0.6) is 0 Å². The molecule has 0 aliphatic rings. The lowest BCUT2D eigenvalue weighted by Crippen LogP contribution is -2.37. The van der Waals surface area contributed by atoms with Crippen molar-refractivity contribution in [1.29, 1.82) is 0 Å². The first kappa shape index (κ1) is 13.5. The molecule has 0 aromatic carbocycles. The molecule has 6 heteroatoms. The van der Waals surface area contributed by atoms with Crippen molar-refractivity contribution in [3.8, 4) is 0 Å². The van der Waals surface area contributed by atoms with E-state index in [1.165, 1.54) is 18.3 Å². The van der Waals surface area contributed by atoms with Crippen molar-refractivity contribution in [2.24, 2.45) is 5.73 Å². The van der Waals surface area contributed by atoms with Crippen LogP contribution in [0, 0.1) is 0 Å². The zero-order valence-electron chi connectivity index (χ0n) is 9.51. The Morgan fingerprint density at radius 3 is 2.47 bits per heavy atom. The molecule has 0 saturated carbocycles. The molecule has 94 valence electrons. The van der Waals surface area contributed by atoms with E-state index in [4.69, 9.17) is 5.73 Å². The van der Waals surface area contributed by atoms with Gasteiger partial charge in [-0.2, -0.15) is 13.2 Å². The molecule has 1 aromatic heterocycles. The maximum atomic E-state index is 12.8. The van der Waals surface area contributed by atoms with E-state index < -0.39 is 17.5 Å². The molecule has 0 spiro atoms. The van der Waals surface area contributed by atoms with Crippen molar-refractivity contribution in [2.75, 3.05) is 0 Å². The lowest BCUT2D eigenvalue weighted by atomic mass is 9.87. The molecular weight excluding hydrogens is 233 g/mol. The topological polar surface area (TPSA) is 56.0 Å².